The Morgan fingerprint density at radius 1 is 1.35 bits per heavy atom. The van der Waals surface area contributed by atoms with Crippen LogP contribution in [-0.2, 0) is 6.18 Å². The number of nitrogens with two attached hydrogens (primary N) is 1. The van der Waals surface area contributed by atoms with Crippen LogP contribution in [-0.4, -0.2) is 4.92 Å². The van der Waals surface area contributed by atoms with Gasteiger partial charge in [0.05, 0.1) is 4.92 Å². The second-order valence-corrected chi connectivity index (χ2v) is 3.91. The Morgan fingerprint density at radius 3 is 2.24 bits per heavy atom. The first-order chi connectivity index (χ1) is 7.64. The van der Waals surface area contributed by atoms with E-state index in [1.54, 1.807) is 0 Å². The van der Waals surface area contributed by atoms with Crippen molar-refractivity contribution in [3.05, 3.63) is 33.4 Å². The maximum atomic E-state index is 12.8. The molecule has 4 nitrogen and oxygen atoms in total. The van der Waals surface area contributed by atoms with Gasteiger partial charge in [-0.25, -0.2) is 0 Å². The van der Waals surface area contributed by atoms with Gasteiger partial charge in [0.25, 0.3) is 5.69 Å². The molecule has 1 aromatic carbocycles. The zero-order chi connectivity index (χ0) is 13.4. The van der Waals surface area contributed by atoms with Gasteiger partial charge in [0, 0.05) is 11.8 Å². The van der Waals surface area contributed by atoms with E-state index in [0.29, 0.717) is 0 Å². The molecule has 0 aromatic heterocycles. The van der Waals surface area contributed by atoms with Crippen LogP contribution in [0.3, 0.4) is 0 Å². The molecule has 0 unspecified atom stereocenters. The fraction of sp³-hybridized carbons (Fsp3) is 0.400. The summed E-state index contributed by atoms with van der Waals surface area (Å²) >= 11 is 0. The summed E-state index contributed by atoms with van der Waals surface area (Å²) < 4.78 is 38.4. The molecule has 0 saturated heterocycles. The summed E-state index contributed by atoms with van der Waals surface area (Å²) in [4.78, 5) is 9.58. The largest absolute Gasteiger partial charge is 0.423 e. The molecular weight excluding hydrogens is 237 g/mol. The third-order valence-corrected chi connectivity index (χ3v) is 2.27. The van der Waals surface area contributed by atoms with Crippen LogP contribution in [0.4, 0.5) is 24.5 Å². The molecule has 0 aliphatic rings. The van der Waals surface area contributed by atoms with Gasteiger partial charge in [-0.2, -0.15) is 13.2 Å². The molecule has 1 rings (SSSR count). The monoisotopic (exact) mass is 248 g/mol. The minimum atomic E-state index is -4.77. The van der Waals surface area contributed by atoms with Crippen LogP contribution >= 0.6 is 0 Å². The second-order valence-electron chi connectivity index (χ2n) is 3.91. The SMILES string of the molecule is CC(C)c1cc(N)cc([N+](=O)[O-])c1C(F)(F)F. The number of hydrogen-bond donors (Lipinski definition) is 1. The van der Waals surface area contributed by atoms with Crippen molar-refractivity contribution in [2.75, 3.05) is 5.73 Å². The van der Waals surface area contributed by atoms with Crippen molar-refractivity contribution in [2.45, 2.75) is 25.9 Å². The van der Waals surface area contributed by atoms with Crippen molar-refractivity contribution < 1.29 is 18.1 Å². The number of anilines is 1. The Labute approximate surface area is 95.4 Å². The molecule has 0 amide bonds. The Hall–Kier alpha value is -1.79. The maximum Gasteiger partial charge on any atom is 0.423 e. The minimum absolute atomic E-state index is 0.0478. The minimum Gasteiger partial charge on any atom is -0.399 e. The molecule has 0 fully saturated rings. The first-order valence-electron chi connectivity index (χ1n) is 4.79. The summed E-state index contributed by atoms with van der Waals surface area (Å²) in [6, 6.07) is 1.86. The summed E-state index contributed by atoms with van der Waals surface area (Å²) in [7, 11) is 0. The third kappa shape index (κ3) is 2.66. The quantitative estimate of drug-likeness (QED) is 0.496. The molecule has 0 spiro atoms. The highest BCUT2D eigenvalue weighted by atomic mass is 19.4. The standard InChI is InChI=1S/C10H11F3N2O2/c1-5(2)7-3-6(14)4-8(15(16)17)9(7)10(11,12)13/h3-5H,14H2,1-2H3. The van der Waals surface area contributed by atoms with Crippen LogP contribution in [0.1, 0.15) is 30.9 Å². The highest BCUT2D eigenvalue weighted by molar-refractivity contribution is 5.58. The molecule has 94 valence electrons. The van der Waals surface area contributed by atoms with Gasteiger partial charge in [-0.3, -0.25) is 10.1 Å². The Morgan fingerprint density at radius 2 is 1.88 bits per heavy atom. The average molecular weight is 248 g/mol. The molecule has 0 radical (unpaired) electrons. The fourth-order valence-corrected chi connectivity index (χ4v) is 1.58. The van der Waals surface area contributed by atoms with E-state index in [9.17, 15) is 23.3 Å². The first kappa shape index (κ1) is 13.3. The van der Waals surface area contributed by atoms with Gasteiger partial charge in [0.1, 0.15) is 5.56 Å². The van der Waals surface area contributed by atoms with Gasteiger partial charge >= 0.3 is 6.18 Å². The fourth-order valence-electron chi connectivity index (χ4n) is 1.58. The molecule has 2 N–H and O–H groups in total. The van der Waals surface area contributed by atoms with Crippen LogP contribution in [0.15, 0.2) is 12.1 Å². The highest BCUT2D eigenvalue weighted by Crippen LogP contribution is 2.42. The van der Waals surface area contributed by atoms with E-state index >= 15 is 0 Å². The summed E-state index contributed by atoms with van der Waals surface area (Å²) in [5.41, 5.74) is 2.95. The summed E-state index contributed by atoms with van der Waals surface area (Å²) in [5, 5.41) is 10.6. The molecule has 17 heavy (non-hydrogen) atoms. The lowest BCUT2D eigenvalue weighted by atomic mass is 9.94. The van der Waals surface area contributed by atoms with Gasteiger partial charge in [0.2, 0.25) is 0 Å². The van der Waals surface area contributed by atoms with E-state index < -0.39 is 28.3 Å². The van der Waals surface area contributed by atoms with Crippen molar-refractivity contribution in [3.63, 3.8) is 0 Å². The number of benzene rings is 1. The zero-order valence-corrected chi connectivity index (χ0v) is 9.21. The second kappa shape index (κ2) is 4.23. The van der Waals surface area contributed by atoms with Gasteiger partial charge in [0.15, 0.2) is 0 Å². The van der Waals surface area contributed by atoms with Gasteiger partial charge in [-0.1, -0.05) is 13.8 Å². The molecule has 0 aliphatic carbocycles. The Bertz CT molecular complexity index is 456. The van der Waals surface area contributed by atoms with Crippen molar-refractivity contribution >= 4 is 11.4 Å². The van der Waals surface area contributed by atoms with Gasteiger partial charge in [-0.15, -0.1) is 0 Å². The van der Waals surface area contributed by atoms with Crippen LogP contribution in [0.2, 0.25) is 0 Å². The topological polar surface area (TPSA) is 69.2 Å². The predicted octanol–water partition coefficient (Wildman–Crippen LogP) is 3.32. The number of rotatable bonds is 2. The number of alkyl halides is 3. The van der Waals surface area contributed by atoms with E-state index in [1.165, 1.54) is 13.8 Å². The van der Waals surface area contributed by atoms with E-state index in [0.717, 1.165) is 12.1 Å². The Balaban J connectivity index is 3.66. The van der Waals surface area contributed by atoms with E-state index in [1.807, 2.05) is 0 Å². The molecule has 0 atom stereocenters. The molecule has 0 bridgehead atoms. The number of nitro benzene ring substituents is 1. The molecule has 0 aliphatic heterocycles. The van der Waals surface area contributed by atoms with Crippen molar-refractivity contribution in [1.82, 2.24) is 0 Å². The van der Waals surface area contributed by atoms with E-state index in [4.69, 9.17) is 5.73 Å². The van der Waals surface area contributed by atoms with Crippen LogP contribution in [0, 0.1) is 10.1 Å². The van der Waals surface area contributed by atoms with Gasteiger partial charge in [-0.05, 0) is 17.5 Å². The number of nitro groups is 1. The van der Waals surface area contributed by atoms with E-state index in [-0.39, 0.29) is 11.3 Å². The van der Waals surface area contributed by atoms with Crippen molar-refractivity contribution in [1.29, 1.82) is 0 Å². The summed E-state index contributed by atoms with van der Waals surface area (Å²) in [6.45, 7) is 3.04. The number of hydrogen-bond acceptors (Lipinski definition) is 3. The molecule has 1 aromatic rings. The molecular formula is C10H11F3N2O2. The Kier molecular flexibility index (Phi) is 3.30. The average Bonchev–Trinajstić information content (AvgIpc) is 2.14. The third-order valence-electron chi connectivity index (χ3n) is 2.27. The van der Waals surface area contributed by atoms with E-state index in [2.05, 4.69) is 0 Å². The van der Waals surface area contributed by atoms with Crippen LogP contribution < -0.4 is 5.73 Å². The molecule has 0 saturated carbocycles. The smallest absolute Gasteiger partial charge is 0.399 e. The number of nitrogens with zero attached hydrogens (tertiary/aromatic N) is 1. The summed E-state index contributed by atoms with van der Waals surface area (Å²) in [5.74, 6) is -0.506. The molecule has 0 heterocycles. The number of nitrogen functional groups attached to an aromatic ring is 1. The lowest BCUT2D eigenvalue weighted by Crippen LogP contribution is -2.14. The normalized spacial score (nSPS) is 11.9. The number of halogens is 3. The maximum absolute atomic E-state index is 12.8. The van der Waals surface area contributed by atoms with Crippen molar-refractivity contribution in [3.8, 4) is 0 Å². The van der Waals surface area contributed by atoms with Gasteiger partial charge < -0.3 is 5.73 Å². The van der Waals surface area contributed by atoms with Crippen LogP contribution in [0.5, 0.6) is 0 Å². The first-order valence-corrected chi connectivity index (χ1v) is 4.79. The zero-order valence-electron chi connectivity index (χ0n) is 9.21. The van der Waals surface area contributed by atoms with Crippen molar-refractivity contribution in [2.24, 2.45) is 0 Å². The highest BCUT2D eigenvalue weighted by Gasteiger charge is 2.41. The molecule has 7 heteroatoms. The predicted molar refractivity (Wildman–Crippen MR) is 56.6 cm³/mol. The lowest BCUT2D eigenvalue weighted by Gasteiger charge is -2.16. The summed E-state index contributed by atoms with van der Waals surface area (Å²) in [6.07, 6.45) is -4.77. The lowest BCUT2D eigenvalue weighted by molar-refractivity contribution is -0.388. The van der Waals surface area contributed by atoms with Crippen LogP contribution in [0.25, 0.3) is 0 Å².